The summed E-state index contributed by atoms with van der Waals surface area (Å²) in [6.45, 7) is 4.02. The van der Waals surface area contributed by atoms with Crippen LogP contribution in [0.5, 0.6) is 0 Å². The molecule has 1 aliphatic rings. The van der Waals surface area contributed by atoms with Gasteiger partial charge in [-0.1, -0.05) is 12.1 Å². The SMILES string of the molecule is CC(C)n1ncc2c1NC(=O)C[C@H]2c1ccc(-c2ccc(C(=O)O)cc2)o1. The van der Waals surface area contributed by atoms with Crippen LogP contribution in [-0.2, 0) is 4.79 Å². The predicted molar refractivity (Wildman–Crippen MR) is 98.8 cm³/mol. The molecule has 1 amide bonds. The maximum atomic E-state index is 12.2. The van der Waals surface area contributed by atoms with E-state index in [9.17, 15) is 9.59 Å². The Kier molecular flexibility index (Phi) is 4.07. The molecule has 0 spiro atoms. The lowest BCUT2D eigenvalue weighted by Crippen LogP contribution is -2.25. The number of carbonyl (C=O) groups excluding carboxylic acids is 1. The number of anilines is 1. The number of fused-ring (bicyclic) bond motifs is 1. The number of hydrogen-bond donors (Lipinski definition) is 2. The fraction of sp³-hybridized carbons (Fsp3) is 0.250. The van der Waals surface area contributed by atoms with Gasteiger partial charge >= 0.3 is 5.97 Å². The van der Waals surface area contributed by atoms with Gasteiger partial charge in [0.05, 0.1) is 17.7 Å². The Bertz CT molecular complexity index is 1010. The molecule has 1 aromatic carbocycles. The molecular formula is C20H19N3O4. The summed E-state index contributed by atoms with van der Waals surface area (Å²) in [5, 5.41) is 16.3. The van der Waals surface area contributed by atoms with E-state index in [4.69, 9.17) is 9.52 Å². The Morgan fingerprint density at radius 1 is 1.26 bits per heavy atom. The number of furan rings is 1. The number of amides is 1. The first-order chi connectivity index (χ1) is 12.9. The third kappa shape index (κ3) is 3.01. The van der Waals surface area contributed by atoms with Gasteiger partial charge in [-0.2, -0.15) is 5.10 Å². The molecule has 2 aromatic heterocycles. The van der Waals surface area contributed by atoms with E-state index in [0.717, 1.165) is 16.9 Å². The first-order valence-corrected chi connectivity index (χ1v) is 8.74. The van der Waals surface area contributed by atoms with Gasteiger partial charge in [-0.15, -0.1) is 0 Å². The van der Waals surface area contributed by atoms with Crippen LogP contribution in [-0.4, -0.2) is 26.8 Å². The number of aromatic carboxylic acids is 1. The lowest BCUT2D eigenvalue weighted by Gasteiger charge is -2.23. The van der Waals surface area contributed by atoms with Crippen LogP contribution in [0.2, 0.25) is 0 Å². The zero-order chi connectivity index (χ0) is 19.1. The third-order valence-electron chi connectivity index (χ3n) is 4.72. The molecule has 1 atom stereocenters. The van der Waals surface area contributed by atoms with E-state index < -0.39 is 5.97 Å². The summed E-state index contributed by atoms with van der Waals surface area (Å²) >= 11 is 0. The molecule has 0 saturated heterocycles. The standard InChI is InChI=1S/C20H19N3O4/c1-11(2)23-19-15(10-21-23)14(9-18(24)22-19)17-8-7-16(27-17)12-3-5-13(6-4-12)20(25)26/h3-8,10-11,14H,9H2,1-2H3,(H,22,24)(H,25,26)/t14-/m1/s1. The summed E-state index contributed by atoms with van der Waals surface area (Å²) in [7, 11) is 0. The van der Waals surface area contributed by atoms with Crippen molar-refractivity contribution in [3.05, 3.63) is 59.5 Å². The van der Waals surface area contributed by atoms with Crippen molar-refractivity contribution in [3.63, 3.8) is 0 Å². The highest BCUT2D eigenvalue weighted by molar-refractivity contribution is 5.94. The number of carbonyl (C=O) groups is 2. The fourth-order valence-corrected chi connectivity index (χ4v) is 3.36. The predicted octanol–water partition coefficient (Wildman–Crippen LogP) is 3.90. The van der Waals surface area contributed by atoms with Gasteiger partial charge in [0.15, 0.2) is 0 Å². The number of carboxylic acids is 1. The summed E-state index contributed by atoms with van der Waals surface area (Å²) < 4.78 is 7.82. The Labute approximate surface area is 155 Å². The van der Waals surface area contributed by atoms with Crippen LogP contribution in [0, 0.1) is 0 Å². The molecule has 3 aromatic rings. The van der Waals surface area contributed by atoms with Gasteiger partial charge in [0.2, 0.25) is 5.91 Å². The van der Waals surface area contributed by atoms with Crippen molar-refractivity contribution < 1.29 is 19.1 Å². The average Bonchev–Trinajstić information content (AvgIpc) is 3.28. The van der Waals surface area contributed by atoms with Crippen LogP contribution in [0.1, 0.15) is 53.9 Å². The molecule has 7 nitrogen and oxygen atoms in total. The van der Waals surface area contributed by atoms with Crippen LogP contribution in [0.3, 0.4) is 0 Å². The molecule has 3 heterocycles. The number of nitrogens with one attached hydrogen (secondary N) is 1. The van der Waals surface area contributed by atoms with Crippen LogP contribution in [0.4, 0.5) is 5.82 Å². The van der Waals surface area contributed by atoms with Crippen LogP contribution < -0.4 is 5.32 Å². The van der Waals surface area contributed by atoms with Crippen molar-refractivity contribution in [2.75, 3.05) is 5.32 Å². The summed E-state index contributed by atoms with van der Waals surface area (Å²) in [5.74, 6) is 0.795. The Morgan fingerprint density at radius 3 is 2.67 bits per heavy atom. The minimum atomic E-state index is -0.968. The molecule has 0 bridgehead atoms. The van der Waals surface area contributed by atoms with Crippen molar-refractivity contribution >= 4 is 17.7 Å². The van der Waals surface area contributed by atoms with Gasteiger partial charge in [-0.05, 0) is 38.1 Å². The summed E-state index contributed by atoms with van der Waals surface area (Å²) in [6.07, 6.45) is 2.07. The number of carboxylic acid groups (broad SMARTS) is 1. The second kappa shape index (κ2) is 6.42. The minimum absolute atomic E-state index is 0.0707. The smallest absolute Gasteiger partial charge is 0.335 e. The molecule has 27 heavy (non-hydrogen) atoms. The molecule has 1 aliphatic heterocycles. The lowest BCUT2D eigenvalue weighted by atomic mass is 9.92. The van der Waals surface area contributed by atoms with Crippen molar-refractivity contribution in [2.24, 2.45) is 0 Å². The highest BCUT2D eigenvalue weighted by Crippen LogP contribution is 2.39. The molecule has 0 fully saturated rings. The highest BCUT2D eigenvalue weighted by atomic mass is 16.4. The second-order valence-electron chi connectivity index (χ2n) is 6.88. The Morgan fingerprint density at radius 2 is 2.00 bits per heavy atom. The number of nitrogens with zero attached hydrogens (tertiary/aromatic N) is 2. The van der Waals surface area contributed by atoms with Crippen LogP contribution in [0.15, 0.2) is 47.0 Å². The topological polar surface area (TPSA) is 97.4 Å². The second-order valence-corrected chi connectivity index (χ2v) is 6.88. The maximum Gasteiger partial charge on any atom is 0.335 e. The van der Waals surface area contributed by atoms with Gasteiger partial charge in [-0.3, -0.25) is 4.79 Å². The monoisotopic (exact) mass is 365 g/mol. The van der Waals surface area contributed by atoms with Gasteiger partial charge in [-0.25, -0.2) is 9.48 Å². The molecule has 138 valence electrons. The Balaban J connectivity index is 1.68. The third-order valence-corrected chi connectivity index (χ3v) is 4.72. The van der Waals surface area contributed by atoms with Crippen molar-refractivity contribution in [1.29, 1.82) is 0 Å². The molecule has 7 heteroatoms. The maximum absolute atomic E-state index is 12.2. The normalized spacial score (nSPS) is 16.3. The van der Waals surface area contributed by atoms with E-state index in [1.54, 1.807) is 35.1 Å². The largest absolute Gasteiger partial charge is 0.478 e. The van der Waals surface area contributed by atoms with Gasteiger partial charge in [0.25, 0.3) is 0 Å². The molecule has 0 saturated carbocycles. The molecule has 0 radical (unpaired) electrons. The summed E-state index contributed by atoms with van der Waals surface area (Å²) in [5.41, 5.74) is 1.94. The minimum Gasteiger partial charge on any atom is -0.478 e. The van der Waals surface area contributed by atoms with Gasteiger partial charge < -0.3 is 14.8 Å². The zero-order valence-electron chi connectivity index (χ0n) is 15.0. The first-order valence-electron chi connectivity index (χ1n) is 8.74. The number of aromatic nitrogens is 2. The number of rotatable bonds is 4. The lowest BCUT2D eigenvalue weighted by molar-refractivity contribution is -0.116. The van der Waals surface area contributed by atoms with Crippen molar-refractivity contribution in [1.82, 2.24) is 9.78 Å². The van der Waals surface area contributed by atoms with E-state index in [1.165, 1.54) is 0 Å². The Hall–Kier alpha value is -3.35. The number of benzene rings is 1. The van der Waals surface area contributed by atoms with E-state index in [2.05, 4.69) is 10.4 Å². The zero-order valence-corrected chi connectivity index (χ0v) is 15.0. The molecule has 0 unspecified atom stereocenters. The first kappa shape index (κ1) is 17.1. The average molecular weight is 365 g/mol. The molecular weight excluding hydrogens is 346 g/mol. The molecule has 0 aliphatic carbocycles. The molecule has 2 N–H and O–H groups in total. The highest BCUT2D eigenvalue weighted by Gasteiger charge is 2.32. The van der Waals surface area contributed by atoms with Crippen molar-refractivity contribution in [2.45, 2.75) is 32.2 Å². The number of hydrogen-bond acceptors (Lipinski definition) is 4. The van der Waals surface area contributed by atoms with Gasteiger partial charge in [0.1, 0.15) is 17.3 Å². The van der Waals surface area contributed by atoms with E-state index >= 15 is 0 Å². The van der Waals surface area contributed by atoms with Crippen LogP contribution >= 0.6 is 0 Å². The van der Waals surface area contributed by atoms with E-state index in [-0.39, 0.29) is 23.4 Å². The van der Waals surface area contributed by atoms with Gasteiger partial charge in [0, 0.05) is 23.6 Å². The van der Waals surface area contributed by atoms with E-state index in [0.29, 0.717) is 17.9 Å². The summed E-state index contributed by atoms with van der Waals surface area (Å²) in [6, 6.07) is 10.3. The summed E-state index contributed by atoms with van der Waals surface area (Å²) in [4.78, 5) is 23.2. The quantitative estimate of drug-likeness (QED) is 0.731. The van der Waals surface area contributed by atoms with Crippen LogP contribution in [0.25, 0.3) is 11.3 Å². The molecule has 4 rings (SSSR count). The fourth-order valence-electron chi connectivity index (χ4n) is 3.36. The van der Waals surface area contributed by atoms with Crippen molar-refractivity contribution in [3.8, 4) is 11.3 Å². The van der Waals surface area contributed by atoms with E-state index in [1.807, 2.05) is 26.0 Å².